The first-order valence-electron chi connectivity index (χ1n) is 6.30. The third kappa shape index (κ3) is 2.36. The van der Waals surface area contributed by atoms with Gasteiger partial charge in [-0.15, -0.1) is 0 Å². The summed E-state index contributed by atoms with van der Waals surface area (Å²) in [6.07, 6.45) is -0.116. The smallest absolute Gasteiger partial charge is 0.327 e. The van der Waals surface area contributed by atoms with Crippen molar-refractivity contribution in [3.05, 3.63) is 35.9 Å². The van der Waals surface area contributed by atoms with Gasteiger partial charge in [-0.2, -0.15) is 0 Å². The maximum Gasteiger partial charge on any atom is 0.327 e. The van der Waals surface area contributed by atoms with Crippen LogP contribution in [0.15, 0.2) is 30.3 Å². The molecule has 2 rings (SSSR count). The minimum absolute atomic E-state index is 0.116. The van der Waals surface area contributed by atoms with E-state index in [1.807, 2.05) is 37.3 Å². The Bertz CT molecular complexity index is 543. The molecule has 20 heavy (non-hydrogen) atoms. The monoisotopic (exact) mass is 276 g/mol. The van der Waals surface area contributed by atoms with Crippen molar-refractivity contribution in [1.29, 1.82) is 0 Å². The Morgan fingerprint density at radius 1 is 1.35 bits per heavy atom. The van der Waals surface area contributed by atoms with E-state index in [1.54, 1.807) is 7.05 Å². The minimum atomic E-state index is -1.15. The molecule has 1 aromatic carbocycles. The number of benzene rings is 1. The fourth-order valence-electron chi connectivity index (χ4n) is 2.14. The van der Waals surface area contributed by atoms with Crippen molar-refractivity contribution >= 4 is 17.9 Å². The number of β-lactam (4-membered cyclic amide) rings is 1. The van der Waals surface area contributed by atoms with Crippen molar-refractivity contribution in [2.75, 3.05) is 7.05 Å². The molecular formula is C14H16N2O4. The van der Waals surface area contributed by atoms with Crippen molar-refractivity contribution in [3.63, 3.8) is 0 Å². The number of hydrogen-bond donors (Lipinski definition) is 1. The average Bonchev–Trinajstić information content (AvgIpc) is 2.43. The molecule has 0 bridgehead atoms. The van der Waals surface area contributed by atoms with Crippen LogP contribution < -0.4 is 0 Å². The van der Waals surface area contributed by atoms with Gasteiger partial charge in [0.05, 0.1) is 12.5 Å². The second kappa shape index (κ2) is 5.32. The summed E-state index contributed by atoms with van der Waals surface area (Å²) >= 11 is 0. The van der Waals surface area contributed by atoms with Crippen LogP contribution >= 0.6 is 0 Å². The van der Waals surface area contributed by atoms with Gasteiger partial charge in [-0.1, -0.05) is 30.3 Å². The van der Waals surface area contributed by atoms with Gasteiger partial charge in [-0.3, -0.25) is 4.79 Å². The van der Waals surface area contributed by atoms with Crippen molar-refractivity contribution < 1.29 is 19.5 Å². The molecule has 6 nitrogen and oxygen atoms in total. The first kappa shape index (κ1) is 14.0. The number of amides is 3. The summed E-state index contributed by atoms with van der Waals surface area (Å²) in [7, 11) is 1.56. The van der Waals surface area contributed by atoms with Crippen molar-refractivity contribution in [2.24, 2.45) is 0 Å². The van der Waals surface area contributed by atoms with E-state index in [-0.39, 0.29) is 12.5 Å². The number of carboxylic acids is 1. The van der Waals surface area contributed by atoms with Crippen LogP contribution in [0.2, 0.25) is 0 Å². The van der Waals surface area contributed by atoms with E-state index < -0.39 is 23.9 Å². The van der Waals surface area contributed by atoms with Crippen LogP contribution in [0.25, 0.3) is 0 Å². The zero-order valence-electron chi connectivity index (χ0n) is 11.3. The van der Waals surface area contributed by atoms with Crippen LogP contribution in [0.1, 0.15) is 24.9 Å². The summed E-state index contributed by atoms with van der Waals surface area (Å²) in [5.74, 6) is -1.60. The van der Waals surface area contributed by atoms with Crippen molar-refractivity contribution in [1.82, 2.24) is 9.80 Å². The third-order valence-corrected chi connectivity index (χ3v) is 3.60. The van der Waals surface area contributed by atoms with E-state index in [4.69, 9.17) is 5.11 Å². The van der Waals surface area contributed by atoms with Crippen molar-refractivity contribution in [2.45, 2.75) is 25.4 Å². The van der Waals surface area contributed by atoms with Gasteiger partial charge in [-0.05, 0) is 12.5 Å². The predicted molar refractivity (Wildman–Crippen MR) is 70.9 cm³/mol. The quantitative estimate of drug-likeness (QED) is 0.848. The number of imide groups is 1. The molecule has 3 amide bonds. The van der Waals surface area contributed by atoms with E-state index in [2.05, 4.69) is 0 Å². The number of carboxylic acid groups (broad SMARTS) is 1. The standard InChI is InChI=1S/C14H16N2O4/c1-9(10-6-4-3-5-7-10)15(2)14(20)16-11(13(18)19)8-12(16)17/h3-7,9,11H,8H2,1-2H3,(H,18,19). The molecule has 1 aromatic rings. The lowest BCUT2D eigenvalue weighted by Gasteiger charge is -2.39. The number of nitrogens with zero attached hydrogens (tertiary/aromatic N) is 2. The molecular weight excluding hydrogens is 260 g/mol. The van der Waals surface area contributed by atoms with E-state index >= 15 is 0 Å². The molecule has 0 spiro atoms. The van der Waals surface area contributed by atoms with Crippen molar-refractivity contribution in [3.8, 4) is 0 Å². The fourth-order valence-corrected chi connectivity index (χ4v) is 2.14. The van der Waals surface area contributed by atoms with Gasteiger partial charge < -0.3 is 10.0 Å². The van der Waals surface area contributed by atoms with Gasteiger partial charge in [-0.25, -0.2) is 14.5 Å². The molecule has 1 heterocycles. The number of rotatable bonds is 3. The molecule has 2 atom stereocenters. The minimum Gasteiger partial charge on any atom is -0.480 e. The Hall–Kier alpha value is -2.37. The maximum atomic E-state index is 12.2. The highest BCUT2D eigenvalue weighted by atomic mass is 16.4. The highest BCUT2D eigenvalue weighted by Gasteiger charge is 2.47. The molecule has 1 saturated heterocycles. The van der Waals surface area contributed by atoms with Gasteiger partial charge in [0.1, 0.15) is 6.04 Å². The number of aliphatic carboxylic acids is 1. The molecule has 1 fully saturated rings. The Kier molecular flexibility index (Phi) is 3.74. The fraction of sp³-hybridized carbons (Fsp3) is 0.357. The largest absolute Gasteiger partial charge is 0.480 e. The van der Waals surface area contributed by atoms with Crippen LogP contribution in [-0.4, -0.2) is 45.9 Å². The summed E-state index contributed by atoms with van der Waals surface area (Å²) in [5.41, 5.74) is 0.920. The molecule has 2 unspecified atom stereocenters. The summed E-state index contributed by atoms with van der Waals surface area (Å²) in [4.78, 5) is 36.8. The highest BCUT2D eigenvalue weighted by Crippen LogP contribution is 2.25. The van der Waals surface area contributed by atoms with Crippen LogP contribution in [0, 0.1) is 0 Å². The second-order valence-corrected chi connectivity index (χ2v) is 4.80. The SMILES string of the molecule is CC(c1ccccc1)N(C)C(=O)N1C(=O)CC1C(=O)O. The van der Waals surface area contributed by atoms with E-state index in [9.17, 15) is 14.4 Å². The van der Waals surface area contributed by atoms with E-state index in [0.717, 1.165) is 10.5 Å². The Labute approximate surface area is 116 Å². The van der Waals surface area contributed by atoms with Gasteiger partial charge in [0.25, 0.3) is 0 Å². The number of likely N-dealkylation sites (tertiary alicyclic amines) is 1. The van der Waals surface area contributed by atoms with E-state index in [0.29, 0.717) is 0 Å². The molecule has 6 heteroatoms. The number of urea groups is 1. The Balaban J connectivity index is 2.13. The molecule has 1 aliphatic heterocycles. The van der Waals surface area contributed by atoms with Gasteiger partial charge in [0.15, 0.2) is 0 Å². The maximum absolute atomic E-state index is 12.2. The third-order valence-electron chi connectivity index (χ3n) is 3.60. The number of carbonyl (C=O) groups excluding carboxylic acids is 2. The average molecular weight is 276 g/mol. The first-order chi connectivity index (χ1) is 9.43. The molecule has 1 N–H and O–H groups in total. The summed E-state index contributed by atoms with van der Waals surface area (Å²) in [6.45, 7) is 1.83. The molecule has 0 radical (unpaired) electrons. The van der Waals surface area contributed by atoms with Crippen LogP contribution in [0.3, 0.4) is 0 Å². The summed E-state index contributed by atoms with van der Waals surface area (Å²) < 4.78 is 0. The first-order valence-corrected chi connectivity index (χ1v) is 6.30. The molecule has 106 valence electrons. The zero-order valence-corrected chi connectivity index (χ0v) is 11.3. The number of carbonyl (C=O) groups is 3. The van der Waals surface area contributed by atoms with Crippen LogP contribution in [0.4, 0.5) is 4.79 Å². The van der Waals surface area contributed by atoms with Gasteiger partial charge >= 0.3 is 12.0 Å². The zero-order chi connectivity index (χ0) is 14.9. The highest BCUT2D eigenvalue weighted by molar-refractivity contribution is 6.05. The van der Waals surface area contributed by atoms with Crippen LogP contribution in [0.5, 0.6) is 0 Å². The molecule has 1 aliphatic rings. The van der Waals surface area contributed by atoms with E-state index in [1.165, 1.54) is 4.90 Å². The van der Waals surface area contributed by atoms with Gasteiger partial charge in [0.2, 0.25) is 5.91 Å². The molecule has 0 aromatic heterocycles. The topological polar surface area (TPSA) is 77.9 Å². The second-order valence-electron chi connectivity index (χ2n) is 4.80. The Morgan fingerprint density at radius 2 is 1.95 bits per heavy atom. The lowest BCUT2D eigenvalue weighted by Crippen LogP contribution is -2.62. The summed E-state index contributed by atoms with van der Waals surface area (Å²) in [5, 5.41) is 8.94. The number of hydrogen-bond acceptors (Lipinski definition) is 3. The predicted octanol–water partition coefficient (Wildman–Crippen LogP) is 1.48. The molecule has 0 aliphatic carbocycles. The summed E-state index contributed by atoms with van der Waals surface area (Å²) in [6, 6.07) is 7.48. The lowest BCUT2D eigenvalue weighted by atomic mass is 10.0. The Morgan fingerprint density at radius 3 is 2.45 bits per heavy atom. The molecule has 0 saturated carbocycles. The normalized spacial score (nSPS) is 19.2. The van der Waals surface area contributed by atoms with Gasteiger partial charge in [0, 0.05) is 7.05 Å². The van der Waals surface area contributed by atoms with Crippen LogP contribution in [-0.2, 0) is 9.59 Å². The lowest BCUT2D eigenvalue weighted by molar-refractivity contribution is -0.158.